The molecule has 6 heavy (non-hydrogen) atoms. The molecule has 5 heteroatoms. The summed E-state index contributed by atoms with van der Waals surface area (Å²) in [5.74, 6) is 0. The first-order valence-corrected chi connectivity index (χ1v) is 5.15. The number of rotatable bonds is 0. The summed E-state index contributed by atoms with van der Waals surface area (Å²) in [7, 11) is 4.21. The fourth-order valence-corrected chi connectivity index (χ4v) is 0. The predicted molar refractivity (Wildman–Crippen MR) is 18.2 cm³/mol. The van der Waals surface area contributed by atoms with Crippen molar-refractivity contribution in [3.8, 4) is 0 Å². The van der Waals surface area contributed by atoms with Crippen LogP contribution in [-0.4, -0.2) is 16.4 Å². The number of carbonyl (C=O) groups is 1. The quantitative estimate of drug-likeness (QED) is 0.515. The zero-order valence-corrected chi connectivity index (χ0v) is 6.70. The zero-order valence-electron chi connectivity index (χ0n) is 2.92. The first-order chi connectivity index (χ1) is 2.73. The van der Waals surface area contributed by atoms with Crippen molar-refractivity contribution in [1.29, 1.82) is 0 Å². The van der Waals surface area contributed by atoms with Gasteiger partial charge in [0.15, 0.2) is 0 Å². The molecule has 0 aromatic heterocycles. The molecule has 0 fully saturated rings. The summed E-state index contributed by atoms with van der Waals surface area (Å²) in [6, 6.07) is 0. The van der Waals surface area contributed by atoms with Gasteiger partial charge in [0.05, 0.1) is 0 Å². The second-order valence-electron chi connectivity index (χ2n) is 0.283. The first-order valence-electron chi connectivity index (χ1n) is 0.940. The third-order valence-corrected chi connectivity index (χ3v) is 0. The Kier molecular flexibility index (Phi) is 14.1. The van der Waals surface area contributed by atoms with Gasteiger partial charge in [-0.3, -0.25) is 0 Å². The van der Waals surface area contributed by atoms with Gasteiger partial charge in [0.1, 0.15) is 0 Å². The van der Waals surface area contributed by atoms with Crippen LogP contribution < -0.4 is 0 Å². The molecule has 0 atom stereocenters. The van der Waals surface area contributed by atoms with Gasteiger partial charge in [0, 0.05) is 0 Å². The van der Waals surface area contributed by atoms with Crippen molar-refractivity contribution >= 4 is 16.3 Å². The van der Waals surface area contributed by atoms with Gasteiger partial charge >= 0.3 is 32.8 Å². The van der Waals surface area contributed by atoms with E-state index in [4.69, 9.17) is 15.0 Å². The molecule has 0 aliphatic carbocycles. The molecule has 0 amide bonds. The zero-order chi connectivity index (χ0) is 5.58. The van der Waals surface area contributed by atoms with E-state index >= 15 is 0 Å². The summed E-state index contributed by atoms with van der Waals surface area (Å²) >= 11 is 0.958. The van der Waals surface area contributed by atoms with Crippen LogP contribution in [0.5, 0.6) is 0 Å². The van der Waals surface area contributed by atoms with Gasteiger partial charge < -0.3 is 10.2 Å². The van der Waals surface area contributed by atoms with Gasteiger partial charge in [-0.25, -0.2) is 4.79 Å². The van der Waals surface area contributed by atoms with Gasteiger partial charge in [-0.1, -0.05) is 0 Å². The van der Waals surface area contributed by atoms with Crippen molar-refractivity contribution < 1.29 is 31.6 Å². The summed E-state index contributed by atoms with van der Waals surface area (Å²) in [6.45, 7) is 0. The van der Waals surface area contributed by atoms with Crippen LogP contribution in [0.15, 0.2) is 0 Å². The molecule has 0 bridgehead atoms. The Hall–Kier alpha value is 0.113. The van der Waals surface area contributed by atoms with Crippen LogP contribution >= 0.6 is 10.1 Å². The van der Waals surface area contributed by atoms with Gasteiger partial charge in [-0.2, -0.15) is 0 Å². The molecule has 0 aliphatic heterocycles. The van der Waals surface area contributed by atoms with E-state index in [2.05, 4.69) is 10.1 Å². The standard InChI is InChI=1S/CH2O3.S.Zn/c2-1(3)4;;/h(H2,2,3,4);;. The molecule has 0 aromatic rings. The van der Waals surface area contributed by atoms with E-state index in [9.17, 15) is 0 Å². The summed E-state index contributed by atoms with van der Waals surface area (Å²) in [5, 5.41) is 13.9. The average Bonchev–Trinajstić information content (AvgIpc) is 1.41. The van der Waals surface area contributed by atoms with Crippen molar-refractivity contribution in [2.75, 3.05) is 0 Å². The van der Waals surface area contributed by atoms with E-state index in [0.717, 1.165) is 16.6 Å². The van der Waals surface area contributed by atoms with Gasteiger partial charge in [0.2, 0.25) is 0 Å². The van der Waals surface area contributed by atoms with Crippen molar-refractivity contribution in [2.24, 2.45) is 0 Å². The second kappa shape index (κ2) is 8.93. The second-order valence-corrected chi connectivity index (χ2v) is 0.283. The van der Waals surface area contributed by atoms with Gasteiger partial charge in [0.25, 0.3) is 0 Å². The Morgan fingerprint density at radius 2 is 1.50 bits per heavy atom. The van der Waals surface area contributed by atoms with E-state index in [0.29, 0.717) is 0 Å². The topological polar surface area (TPSA) is 57.5 Å². The van der Waals surface area contributed by atoms with E-state index in [-0.39, 0.29) is 0 Å². The molecule has 0 radical (unpaired) electrons. The van der Waals surface area contributed by atoms with Crippen LogP contribution in [0.2, 0.25) is 0 Å². The Labute approximate surface area is 48.3 Å². The summed E-state index contributed by atoms with van der Waals surface area (Å²) in [4.78, 5) is 8.56. The third-order valence-electron chi connectivity index (χ3n) is 0. The molecule has 0 saturated heterocycles. The molecule has 0 rings (SSSR count). The third kappa shape index (κ3) is 3100. The van der Waals surface area contributed by atoms with Crippen molar-refractivity contribution in [1.82, 2.24) is 0 Å². The Bertz CT molecular complexity index is 42.1. The number of carboxylic acid groups (broad SMARTS) is 2. The minimum absolute atomic E-state index is 0.958. The first kappa shape index (κ1) is 9.45. The molecule has 0 heterocycles. The monoisotopic (exact) mass is 158 g/mol. The molecular formula is CH2O3SZn. The van der Waals surface area contributed by atoms with Crippen molar-refractivity contribution in [2.45, 2.75) is 0 Å². The molecule has 3 nitrogen and oxygen atoms in total. The van der Waals surface area contributed by atoms with Crippen LogP contribution in [0.4, 0.5) is 4.79 Å². The van der Waals surface area contributed by atoms with Crippen LogP contribution in [0.25, 0.3) is 0 Å². The molecule has 0 unspecified atom stereocenters. The fraction of sp³-hybridized carbons (Fsp3) is 0. The maximum absolute atomic E-state index is 8.56. The SMILES string of the molecule is O=C(O)O.[S]=[Zn]. The Morgan fingerprint density at radius 1 is 1.50 bits per heavy atom. The van der Waals surface area contributed by atoms with E-state index in [1.165, 1.54) is 0 Å². The van der Waals surface area contributed by atoms with E-state index < -0.39 is 6.16 Å². The Morgan fingerprint density at radius 3 is 1.50 bits per heavy atom. The fourth-order valence-electron chi connectivity index (χ4n) is 0. The molecule has 0 saturated carbocycles. The van der Waals surface area contributed by atoms with Gasteiger partial charge in [-0.15, -0.1) is 0 Å². The number of hydrogen-bond acceptors (Lipinski definition) is 2. The number of hydrogen-bond donors (Lipinski definition) is 2. The van der Waals surface area contributed by atoms with Crippen LogP contribution in [0.1, 0.15) is 0 Å². The van der Waals surface area contributed by atoms with E-state index in [1.807, 2.05) is 0 Å². The summed E-state index contributed by atoms with van der Waals surface area (Å²) in [6.07, 6.45) is -1.83. The molecular weight excluding hydrogens is 157 g/mol. The van der Waals surface area contributed by atoms with Crippen molar-refractivity contribution in [3.63, 3.8) is 0 Å². The molecule has 0 aromatic carbocycles. The normalized spacial score (nSPS) is 5.00. The molecule has 0 aliphatic rings. The Balaban J connectivity index is 0. The summed E-state index contributed by atoms with van der Waals surface area (Å²) in [5.41, 5.74) is 0. The van der Waals surface area contributed by atoms with Crippen LogP contribution in [0.3, 0.4) is 0 Å². The van der Waals surface area contributed by atoms with Crippen LogP contribution in [-0.2, 0) is 16.6 Å². The predicted octanol–water partition coefficient (Wildman–Crippen LogP) is 0.868. The molecule has 32 valence electrons. The van der Waals surface area contributed by atoms with Crippen LogP contribution in [0, 0.1) is 0 Å². The maximum atomic E-state index is 8.56. The van der Waals surface area contributed by atoms with Crippen molar-refractivity contribution in [3.05, 3.63) is 0 Å². The van der Waals surface area contributed by atoms with Gasteiger partial charge in [-0.05, 0) is 0 Å². The minimum atomic E-state index is -1.83. The van der Waals surface area contributed by atoms with E-state index in [1.54, 1.807) is 0 Å². The summed E-state index contributed by atoms with van der Waals surface area (Å²) < 4.78 is 0. The average molecular weight is 159 g/mol. The molecule has 2 N–H and O–H groups in total. The molecule has 0 spiro atoms.